The molecule has 1 aliphatic rings. The summed E-state index contributed by atoms with van der Waals surface area (Å²) in [4.78, 5) is 27.0. The van der Waals surface area contributed by atoms with Gasteiger partial charge in [0.15, 0.2) is 0 Å². The lowest BCUT2D eigenvalue weighted by Crippen LogP contribution is -2.54. The number of rotatable bonds is 3. The van der Waals surface area contributed by atoms with Crippen LogP contribution in [0.15, 0.2) is 36.7 Å². The molecule has 2 atom stereocenters. The minimum atomic E-state index is -0.526. The van der Waals surface area contributed by atoms with Crippen LogP contribution < -0.4 is 10.2 Å². The number of anilines is 2. The van der Waals surface area contributed by atoms with Crippen LogP contribution in [0.1, 0.15) is 30.6 Å². The fourth-order valence-electron chi connectivity index (χ4n) is 2.74. The predicted molar refractivity (Wildman–Crippen MR) is 83.7 cm³/mol. The fraction of sp³-hybridized carbons (Fsp3) is 0.312. The molecule has 2 aromatic rings. The van der Waals surface area contributed by atoms with Crippen molar-refractivity contribution in [2.75, 3.05) is 10.2 Å². The Labute approximate surface area is 128 Å². The molecule has 0 spiro atoms. The van der Waals surface area contributed by atoms with E-state index in [4.69, 9.17) is 0 Å². The van der Waals surface area contributed by atoms with Crippen LogP contribution in [0, 0.1) is 5.92 Å². The van der Waals surface area contributed by atoms with E-state index in [1.54, 1.807) is 17.2 Å². The maximum absolute atomic E-state index is 12.9. The highest BCUT2D eigenvalue weighted by molar-refractivity contribution is 6.16. The van der Waals surface area contributed by atoms with Gasteiger partial charge in [-0.1, -0.05) is 32.4 Å². The van der Waals surface area contributed by atoms with Crippen molar-refractivity contribution in [3.63, 3.8) is 0 Å². The third-order valence-electron chi connectivity index (χ3n) is 4.12. The van der Waals surface area contributed by atoms with E-state index in [-0.39, 0.29) is 17.7 Å². The molecule has 114 valence electrons. The Kier molecular flexibility index (Phi) is 3.66. The number of nitrogens with zero attached hydrogens (tertiary/aromatic N) is 2. The molecule has 22 heavy (non-hydrogen) atoms. The molecule has 2 heterocycles. The van der Waals surface area contributed by atoms with Gasteiger partial charge in [0.1, 0.15) is 6.04 Å². The highest BCUT2D eigenvalue weighted by Crippen LogP contribution is 2.35. The summed E-state index contributed by atoms with van der Waals surface area (Å²) in [5, 5.41) is 9.37. The van der Waals surface area contributed by atoms with E-state index in [1.165, 1.54) is 6.20 Å². The van der Waals surface area contributed by atoms with Crippen LogP contribution >= 0.6 is 0 Å². The van der Waals surface area contributed by atoms with Gasteiger partial charge in [0.05, 0.1) is 23.1 Å². The average Bonchev–Trinajstić information content (AvgIpc) is 3.06. The fourth-order valence-corrected chi connectivity index (χ4v) is 2.74. The number of carbonyl (C=O) groups is 2. The second kappa shape index (κ2) is 5.63. The SMILES string of the molecule is CC[C@H](C)[C@H]1C(=O)Nc2ccccc2N1C(=O)c1cn[nH]c1. The van der Waals surface area contributed by atoms with Gasteiger partial charge < -0.3 is 5.32 Å². The maximum Gasteiger partial charge on any atom is 0.262 e. The van der Waals surface area contributed by atoms with Crippen molar-refractivity contribution >= 4 is 23.2 Å². The van der Waals surface area contributed by atoms with Gasteiger partial charge in [-0.05, 0) is 18.1 Å². The number of hydrogen-bond donors (Lipinski definition) is 2. The number of nitrogens with one attached hydrogen (secondary N) is 2. The normalized spacial score (nSPS) is 18.5. The van der Waals surface area contributed by atoms with E-state index in [0.29, 0.717) is 11.3 Å². The van der Waals surface area contributed by atoms with E-state index in [0.717, 1.165) is 12.1 Å². The summed E-state index contributed by atoms with van der Waals surface area (Å²) >= 11 is 0. The van der Waals surface area contributed by atoms with Crippen molar-refractivity contribution in [1.82, 2.24) is 10.2 Å². The first-order valence-electron chi connectivity index (χ1n) is 7.35. The van der Waals surface area contributed by atoms with Crippen molar-refractivity contribution in [3.8, 4) is 0 Å². The highest BCUT2D eigenvalue weighted by Gasteiger charge is 2.39. The van der Waals surface area contributed by atoms with Crippen LogP contribution in [-0.4, -0.2) is 28.1 Å². The standard InChI is InChI=1S/C16H18N4O2/c1-3-10(2)14-15(21)19-12-6-4-5-7-13(12)20(14)16(22)11-8-17-18-9-11/h4-10,14H,3H2,1-2H3,(H,17,18)(H,19,21)/t10-,14-/m0/s1. The lowest BCUT2D eigenvalue weighted by Gasteiger charge is -2.39. The molecule has 2 amide bonds. The van der Waals surface area contributed by atoms with Crippen LogP contribution in [0.4, 0.5) is 11.4 Å². The van der Waals surface area contributed by atoms with E-state index in [9.17, 15) is 9.59 Å². The Morgan fingerprint density at radius 2 is 2.18 bits per heavy atom. The molecule has 1 aromatic carbocycles. The number of fused-ring (bicyclic) bond motifs is 1. The molecule has 1 aliphatic heterocycles. The number of hydrogen-bond acceptors (Lipinski definition) is 3. The van der Waals surface area contributed by atoms with Gasteiger partial charge in [0, 0.05) is 6.20 Å². The van der Waals surface area contributed by atoms with Gasteiger partial charge in [0.2, 0.25) is 5.91 Å². The Balaban J connectivity index is 2.11. The third-order valence-corrected chi connectivity index (χ3v) is 4.12. The van der Waals surface area contributed by atoms with Crippen LogP contribution in [-0.2, 0) is 4.79 Å². The maximum atomic E-state index is 12.9. The molecule has 3 rings (SSSR count). The topological polar surface area (TPSA) is 78.1 Å². The van der Waals surface area contributed by atoms with Gasteiger partial charge in [-0.25, -0.2) is 0 Å². The number of H-pyrrole nitrogens is 1. The molecule has 0 aliphatic carbocycles. The van der Waals surface area contributed by atoms with Crippen molar-refractivity contribution < 1.29 is 9.59 Å². The lowest BCUT2D eigenvalue weighted by atomic mass is 9.93. The van der Waals surface area contributed by atoms with Crippen molar-refractivity contribution in [2.45, 2.75) is 26.3 Å². The summed E-state index contributed by atoms with van der Waals surface area (Å²) in [5.74, 6) is -0.324. The molecular weight excluding hydrogens is 280 g/mol. The summed E-state index contributed by atoms with van der Waals surface area (Å²) in [7, 11) is 0. The molecule has 2 N–H and O–H groups in total. The van der Waals surface area contributed by atoms with Crippen LogP contribution in [0.25, 0.3) is 0 Å². The largest absolute Gasteiger partial charge is 0.322 e. The zero-order chi connectivity index (χ0) is 15.7. The summed E-state index contributed by atoms with van der Waals surface area (Å²) in [6.45, 7) is 3.99. The molecule has 6 nitrogen and oxygen atoms in total. The van der Waals surface area contributed by atoms with Gasteiger partial charge >= 0.3 is 0 Å². The molecule has 0 saturated carbocycles. The molecule has 1 aromatic heterocycles. The van der Waals surface area contributed by atoms with Gasteiger partial charge in [0.25, 0.3) is 5.91 Å². The number of benzene rings is 1. The first-order chi connectivity index (χ1) is 10.6. The summed E-state index contributed by atoms with van der Waals surface area (Å²) in [6, 6.07) is 6.82. The average molecular weight is 298 g/mol. The monoisotopic (exact) mass is 298 g/mol. The molecule has 0 fully saturated rings. The summed E-state index contributed by atoms with van der Waals surface area (Å²) < 4.78 is 0. The van der Waals surface area contributed by atoms with E-state index < -0.39 is 6.04 Å². The molecule has 0 bridgehead atoms. The second-order valence-corrected chi connectivity index (χ2v) is 5.50. The van der Waals surface area contributed by atoms with E-state index in [2.05, 4.69) is 15.5 Å². The molecule has 0 radical (unpaired) electrons. The number of aromatic nitrogens is 2. The third kappa shape index (κ3) is 2.26. The van der Waals surface area contributed by atoms with E-state index >= 15 is 0 Å². The van der Waals surface area contributed by atoms with Gasteiger partial charge in [-0.15, -0.1) is 0 Å². The number of amides is 2. The van der Waals surface area contributed by atoms with Gasteiger partial charge in [-0.3, -0.25) is 19.6 Å². The van der Waals surface area contributed by atoms with Crippen molar-refractivity contribution in [1.29, 1.82) is 0 Å². The Bertz CT molecular complexity index is 696. The molecule has 6 heteroatoms. The lowest BCUT2D eigenvalue weighted by molar-refractivity contribution is -0.118. The molecule has 0 unspecified atom stereocenters. The molecule has 0 saturated heterocycles. The first-order valence-corrected chi connectivity index (χ1v) is 7.35. The van der Waals surface area contributed by atoms with E-state index in [1.807, 2.05) is 32.0 Å². The Morgan fingerprint density at radius 1 is 1.41 bits per heavy atom. The van der Waals surface area contributed by atoms with Crippen molar-refractivity contribution in [2.24, 2.45) is 5.92 Å². The van der Waals surface area contributed by atoms with Crippen LogP contribution in [0.2, 0.25) is 0 Å². The molecular formula is C16H18N4O2. The Hall–Kier alpha value is -2.63. The highest BCUT2D eigenvalue weighted by atomic mass is 16.2. The quantitative estimate of drug-likeness (QED) is 0.913. The summed E-state index contributed by atoms with van der Waals surface area (Å²) in [5.41, 5.74) is 1.82. The van der Waals surface area contributed by atoms with Crippen molar-refractivity contribution in [3.05, 3.63) is 42.2 Å². The van der Waals surface area contributed by atoms with Crippen LogP contribution in [0.3, 0.4) is 0 Å². The number of aromatic amines is 1. The predicted octanol–water partition coefficient (Wildman–Crippen LogP) is 2.42. The zero-order valence-corrected chi connectivity index (χ0v) is 12.5. The second-order valence-electron chi connectivity index (χ2n) is 5.50. The number of carbonyl (C=O) groups excluding carboxylic acids is 2. The zero-order valence-electron chi connectivity index (χ0n) is 12.5. The van der Waals surface area contributed by atoms with Gasteiger partial charge in [-0.2, -0.15) is 5.10 Å². The minimum Gasteiger partial charge on any atom is -0.322 e. The number of para-hydroxylation sites is 2. The van der Waals surface area contributed by atoms with Crippen LogP contribution in [0.5, 0.6) is 0 Å². The first kappa shape index (κ1) is 14.3. The summed E-state index contributed by atoms with van der Waals surface area (Å²) in [6.07, 6.45) is 3.83. The minimum absolute atomic E-state index is 0.0456. The smallest absolute Gasteiger partial charge is 0.262 e. The Morgan fingerprint density at radius 3 is 2.86 bits per heavy atom.